The van der Waals surface area contributed by atoms with Gasteiger partial charge in [-0.2, -0.15) is 0 Å². The van der Waals surface area contributed by atoms with Crippen molar-refractivity contribution in [1.29, 1.82) is 0 Å². The number of nitrogens with one attached hydrogen (secondary N) is 1. The van der Waals surface area contributed by atoms with Crippen molar-refractivity contribution in [3.8, 4) is 11.3 Å². The van der Waals surface area contributed by atoms with Gasteiger partial charge in [0.1, 0.15) is 6.04 Å². The van der Waals surface area contributed by atoms with E-state index in [1.54, 1.807) is 0 Å². The van der Waals surface area contributed by atoms with Crippen LogP contribution in [0.1, 0.15) is 51.5 Å². The van der Waals surface area contributed by atoms with Crippen LogP contribution in [0.3, 0.4) is 0 Å². The van der Waals surface area contributed by atoms with E-state index >= 15 is 0 Å². The Morgan fingerprint density at radius 2 is 1.81 bits per heavy atom. The maximum Gasteiger partial charge on any atom is 0.243 e. The predicted molar refractivity (Wildman–Crippen MR) is 110 cm³/mol. The first-order chi connectivity index (χ1) is 13.0. The van der Waals surface area contributed by atoms with E-state index in [4.69, 9.17) is 5.73 Å². The number of amides is 1. The molecule has 146 valence electrons. The number of aliphatic hydroxyl groups excluding tert-OH is 1. The lowest BCUT2D eigenvalue weighted by Gasteiger charge is -2.14. The van der Waals surface area contributed by atoms with Crippen LogP contribution in [0.25, 0.3) is 11.3 Å². The molecular weight excluding hydrogens is 338 g/mol. The molecule has 0 fully saturated rings. The normalized spacial score (nSPS) is 13.2. The lowest BCUT2D eigenvalue weighted by molar-refractivity contribution is -0.119. The number of pyridine rings is 1. The van der Waals surface area contributed by atoms with Crippen molar-refractivity contribution in [2.75, 3.05) is 5.32 Å². The maximum absolute atomic E-state index is 11.9. The highest BCUT2D eigenvalue weighted by atomic mass is 16.3. The van der Waals surface area contributed by atoms with Gasteiger partial charge in [0, 0.05) is 17.4 Å². The van der Waals surface area contributed by atoms with E-state index in [1.165, 1.54) is 44.6 Å². The Balaban J connectivity index is 1.90. The minimum atomic E-state index is -0.944. The Hall–Kier alpha value is -2.24. The lowest BCUT2D eigenvalue weighted by Crippen LogP contribution is -2.43. The van der Waals surface area contributed by atoms with Gasteiger partial charge in [-0.3, -0.25) is 9.78 Å². The Bertz CT molecular complexity index is 697. The van der Waals surface area contributed by atoms with E-state index in [2.05, 4.69) is 23.3 Å². The summed E-state index contributed by atoms with van der Waals surface area (Å²) in [6.45, 7) is 3.72. The van der Waals surface area contributed by atoms with Crippen molar-refractivity contribution in [2.24, 2.45) is 5.73 Å². The van der Waals surface area contributed by atoms with Gasteiger partial charge in [-0.05, 0) is 43.5 Å². The Morgan fingerprint density at radius 3 is 2.41 bits per heavy atom. The number of aromatic nitrogens is 1. The number of benzene rings is 1. The van der Waals surface area contributed by atoms with E-state index < -0.39 is 18.1 Å². The molecule has 0 bridgehead atoms. The molecule has 1 aromatic heterocycles. The summed E-state index contributed by atoms with van der Waals surface area (Å²) in [4.78, 5) is 16.4. The minimum Gasteiger partial charge on any atom is -0.391 e. The smallest absolute Gasteiger partial charge is 0.243 e. The molecule has 5 heteroatoms. The van der Waals surface area contributed by atoms with Crippen LogP contribution in [0.4, 0.5) is 5.69 Å². The molecule has 0 radical (unpaired) electrons. The molecule has 4 N–H and O–H groups in total. The molecule has 0 aliphatic carbocycles. The summed E-state index contributed by atoms with van der Waals surface area (Å²) < 4.78 is 0. The van der Waals surface area contributed by atoms with E-state index in [9.17, 15) is 9.90 Å². The number of hydrogen-bond acceptors (Lipinski definition) is 4. The molecule has 0 saturated heterocycles. The number of carbonyl (C=O) groups is 1. The molecule has 1 amide bonds. The van der Waals surface area contributed by atoms with Gasteiger partial charge in [0.2, 0.25) is 5.91 Å². The highest BCUT2D eigenvalue weighted by Gasteiger charge is 2.18. The average Bonchev–Trinajstić information content (AvgIpc) is 2.68. The maximum atomic E-state index is 11.9. The monoisotopic (exact) mass is 369 g/mol. The van der Waals surface area contributed by atoms with Crippen molar-refractivity contribution in [3.05, 3.63) is 48.2 Å². The summed E-state index contributed by atoms with van der Waals surface area (Å²) in [6.07, 6.45) is 8.53. The third kappa shape index (κ3) is 6.77. The van der Waals surface area contributed by atoms with Crippen LogP contribution in [0.5, 0.6) is 0 Å². The van der Waals surface area contributed by atoms with E-state index in [-0.39, 0.29) is 0 Å². The summed E-state index contributed by atoms with van der Waals surface area (Å²) in [6, 6.07) is 10.7. The predicted octanol–water partition coefficient (Wildman–Crippen LogP) is 3.91. The van der Waals surface area contributed by atoms with E-state index in [1.807, 2.05) is 36.5 Å². The number of nitrogens with two attached hydrogens (primary N) is 1. The molecule has 0 unspecified atom stereocenters. The molecule has 0 aliphatic rings. The molecule has 1 aromatic carbocycles. The molecule has 2 atom stereocenters. The van der Waals surface area contributed by atoms with Crippen molar-refractivity contribution in [2.45, 2.75) is 64.5 Å². The quantitative estimate of drug-likeness (QED) is 0.554. The second kappa shape index (κ2) is 10.8. The number of anilines is 1. The topological polar surface area (TPSA) is 88.2 Å². The molecular formula is C22H31N3O2. The number of aliphatic hydroxyl groups is 1. The fourth-order valence-corrected chi connectivity index (χ4v) is 2.84. The zero-order chi connectivity index (χ0) is 19.6. The fourth-order valence-electron chi connectivity index (χ4n) is 2.84. The summed E-state index contributed by atoms with van der Waals surface area (Å²) >= 11 is 0. The number of unbranched alkanes of at least 4 members (excludes halogenated alkanes) is 4. The van der Waals surface area contributed by atoms with Crippen LogP contribution in [0, 0.1) is 0 Å². The summed E-state index contributed by atoms with van der Waals surface area (Å²) in [7, 11) is 0. The first-order valence-corrected chi connectivity index (χ1v) is 9.81. The summed E-state index contributed by atoms with van der Waals surface area (Å²) in [5, 5.41) is 12.1. The van der Waals surface area contributed by atoms with Crippen LogP contribution >= 0.6 is 0 Å². The van der Waals surface area contributed by atoms with Gasteiger partial charge in [0.15, 0.2) is 0 Å². The average molecular weight is 370 g/mol. The van der Waals surface area contributed by atoms with Crippen LogP contribution in [-0.2, 0) is 11.2 Å². The van der Waals surface area contributed by atoms with Crippen molar-refractivity contribution in [1.82, 2.24) is 4.98 Å². The standard InChI is InChI=1S/C22H31N3O2/c1-3-4-5-6-7-8-17-9-14-20(24-15-17)18-10-12-19(13-11-18)25-22(27)21(23)16(2)26/h9-16,21,26H,3-8,23H2,1-2H3,(H,25,27)/t16-,21+/m1/s1. The Kier molecular flexibility index (Phi) is 8.43. The highest BCUT2D eigenvalue weighted by Crippen LogP contribution is 2.20. The molecule has 0 aliphatic heterocycles. The van der Waals surface area contributed by atoms with Gasteiger partial charge in [-0.15, -0.1) is 0 Å². The van der Waals surface area contributed by atoms with Crippen LogP contribution < -0.4 is 11.1 Å². The molecule has 1 heterocycles. The molecule has 0 spiro atoms. The summed E-state index contributed by atoms with van der Waals surface area (Å²) in [5.41, 5.74) is 9.44. The number of aryl methyl sites for hydroxylation is 1. The largest absolute Gasteiger partial charge is 0.391 e. The minimum absolute atomic E-state index is 0.404. The third-order valence-corrected chi connectivity index (χ3v) is 4.66. The molecule has 2 aromatic rings. The zero-order valence-corrected chi connectivity index (χ0v) is 16.3. The molecule has 27 heavy (non-hydrogen) atoms. The van der Waals surface area contributed by atoms with Crippen LogP contribution in [0.2, 0.25) is 0 Å². The van der Waals surface area contributed by atoms with Crippen molar-refractivity contribution in [3.63, 3.8) is 0 Å². The van der Waals surface area contributed by atoms with Gasteiger partial charge in [0.25, 0.3) is 0 Å². The first kappa shape index (κ1) is 21.1. The SMILES string of the molecule is CCCCCCCc1ccc(-c2ccc(NC(=O)[C@@H](N)[C@@H](C)O)cc2)nc1. The third-order valence-electron chi connectivity index (χ3n) is 4.66. The number of carbonyl (C=O) groups excluding carboxylic acids is 1. The van der Waals surface area contributed by atoms with Crippen LogP contribution in [-0.4, -0.2) is 28.1 Å². The summed E-state index contributed by atoms with van der Waals surface area (Å²) in [5.74, 6) is -0.404. The van der Waals surface area contributed by atoms with E-state index in [0.29, 0.717) is 5.69 Å². The molecule has 2 rings (SSSR count). The number of hydrogen-bond donors (Lipinski definition) is 3. The molecule has 0 saturated carbocycles. The van der Waals surface area contributed by atoms with Gasteiger partial charge >= 0.3 is 0 Å². The first-order valence-electron chi connectivity index (χ1n) is 9.81. The zero-order valence-electron chi connectivity index (χ0n) is 16.3. The van der Waals surface area contributed by atoms with Gasteiger partial charge in [-0.1, -0.05) is 50.8 Å². The van der Waals surface area contributed by atoms with Gasteiger partial charge < -0.3 is 16.2 Å². The van der Waals surface area contributed by atoms with Gasteiger partial charge in [-0.25, -0.2) is 0 Å². The van der Waals surface area contributed by atoms with Crippen LogP contribution in [0.15, 0.2) is 42.6 Å². The highest BCUT2D eigenvalue weighted by molar-refractivity contribution is 5.95. The second-order valence-corrected chi connectivity index (χ2v) is 7.05. The Labute approximate surface area is 162 Å². The number of nitrogens with zero attached hydrogens (tertiary/aromatic N) is 1. The number of rotatable bonds is 10. The van der Waals surface area contributed by atoms with Gasteiger partial charge in [0.05, 0.1) is 11.8 Å². The Morgan fingerprint density at radius 1 is 1.11 bits per heavy atom. The van der Waals surface area contributed by atoms with Crippen molar-refractivity contribution < 1.29 is 9.90 Å². The second-order valence-electron chi connectivity index (χ2n) is 7.05. The molecule has 5 nitrogen and oxygen atoms in total. The fraction of sp³-hybridized carbons (Fsp3) is 0.455. The van der Waals surface area contributed by atoms with Crippen molar-refractivity contribution >= 4 is 11.6 Å². The lowest BCUT2D eigenvalue weighted by atomic mass is 10.1. The van der Waals surface area contributed by atoms with E-state index in [0.717, 1.165) is 17.7 Å².